The molecule has 0 unspecified atom stereocenters. The summed E-state index contributed by atoms with van der Waals surface area (Å²) in [6.07, 6.45) is 0. The van der Waals surface area contributed by atoms with Gasteiger partial charge in [-0.05, 0) is 18.2 Å². The molecule has 1 aromatic carbocycles. The number of anilines is 1. The lowest BCUT2D eigenvalue weighted by Crippen LogP contribution is -1.99. The monoisotopic (exact) mass is 182 g/mol. The van der Waals surface area contributed by atoms with Crippen LogP contribution < -0.4 is 5.73 Å². The van der Waals surface area contributed by atoms with Crippen LogP contribution in [0.25, 0.3) is 0 Å². The predicted molar refractivity (Wildman–Crippen MR) is 48.2 cm³/mol. The molecule has 0 aliphatic carbocycles. The Kier molecular flexibility index (Phi) is 2.44. The lowest BCUT2D eigenvalue weighted by Gasteiger charge is -1.99. The van der Waals surface area contributed by atoms with Gasteiger partial charge in [0.1, 0.15) is 0 Å². The van der Waals surface area contributed by atoms with Crippen molar-refractivity contribution in [2.24, 2.45) is 5.18 Å². The van der Waals surface area contributed by atoms with Gasteiger partial charge in [-0.3, -0.25) is 4.79 Å². The number of carbonyl (C=O) groups is 1. The number of benzene rings is 1. The third kappa shape index (κ3) is 1.62. The zero-order valence-electron chi connectivity index (χ0n) is 6.02. The van der Waals surface area contributed by atoms with E-state index in [4.69, 9.17) is 5.73 Å². The summed E-state index contributed by atoms with van der Waals surface area (Å²) in [5.74, 6) is -0.872. The Morgan fingerprint density at radius 1 is 1.50 bits per heavy atom. The zero-order valence-corrected chi connectivity index (χ0v) is 6.91. The average molecular weight is 182 g/mol. The fourth-order valence-electron chi connectivity index (χ4n) is 0.779. The van der Waals surface area contributed by atoms with Crippen molar-refractivity contribution in [1.29, 1.82) is 0 Å². The van der Waals surface area contributed by atoms with Gasteiger partial charge in [-0.2, -0.15) is 0 Å². The highest BCUT2D eigenvalue weighted by Crippen LogP contribution is 2.17. The van der Waals surface area contributed by atoms with Crippen molar-refractivity contribution in [2.45, 2.75) is 4.90 Å². The first-order chi connectivity index (χ1) is 5.65. The molecule has 0 saturated heterocycles. The number of rotatable bonds is 1. The number of nitroso groups, excluding NO2 is 1. The highest BCUT2D eigenvalue weighted by Gasteiger charge is 2.09. The Hall–Kier alpha value is -1.36. The number of carbonyl (C=O) groups excluding carboxylic acids is 1. The molecule has 4 nitrogen and oxygen atoms in total. The minimum atomic E-state index is -0.872. The van der Waals surface area contributed by atoms with Crippen molar-refractivity contribution in [3.63, 3.8) is 0 Å². The summed E-state index contributed by atoms with van der Waals surface area (Å²) in [4.78, 5) is 21.2. The number of nitrogen functional groups attached to an aromatic ring is 1. The van der Waals surface area contributed by atoms with Crippen LogP contribution in [0.2, 0.25) is 0 Å². The molecule has 0 heterocycles. The molecule has 0 aliphatic rings. The van der Waals surface area contributed by atoms with E-state index in [1.54, 1.807) is 6.07 Å². The van der Waals surface area contributed by atoms with Gasteiger partial charge in [0.25, 0.3) is 0 Å². The van der Waals surface area contributed by atoms with Crippen molar-refractivity contribution in [3.05, 3.63) is 28.7 Å². The van der Waals surface area contributed by atoms with Gasteiger partial charge in [0.05, 0.1) is 5.56 Å². The molecule has 62 valence electrons. The molecule has 0 spiro atoms. The second-order valence-corrected chi connectivity index (χ2v) is 2.68. The van der Waals surface area contributed by atoms with E-state index in [9.17, 15) is 9.70 Å². The molecule has 1 amide bonds. The molecule has 0 bridgehead atoms. The molecule has 1 aromatic rings. The fourth-order valence-corrected chi connectivity index (χ4v) is 0.982. The molecule has 0 atom stereocenters. The van der Waals surface area contributed by atoms with Crippen LogP contribution in [-0.2, 0) is 0 Å². The van der Waals surface area contributed by atoms with Gasteiger partial charge >= 0.3 is 5.91 Å². The second kappa shape index (κ2) is 3.36. The smallest absolute Gasteiger partial charge is 0.318 e. The molecular formula is C7H6N2O2S. The number of nitrogens with two attached hydrogens (primary N) is 1. The molecule has 0 radical (unpaired) electrons. The summed E-state index contributed by atoms with van der Waals surface area (Å²) < 4.78 is 0. The maximum atomic E-state index is 10.8. The number of hydrogen-bond donors (Lipinski definition) is 2. The molecule has 0 aromatic heterocycles. The normalized spacial score (nSPS) is 9.42. The highest BCUT2D eigenvalue weighted by atomic mass is 32.1. The Bertz CT molecular complexity index is 338. The minimum absolute atomic E-state index is 0.0949. The van der Waals surface area contributed by atoms with Gasteiger partial charge in [0, 0.05) is 15.8 Å². The van der Waals surface area contributed by atoms with E-state index in [-0.39, 0.29) is 11.3 Å². The molecule has 0 aliphatic heterocycles. The third-order valence-electron chi connectivity index (χ3n) is 1.35. The third-order valence-corrected chi connectivity index (χ3v) is 1.63. The molecule has 2 N–H and O–H groups in total. The van der Waals surface area contributed by atoms with E-state index < -0.39 is 5.91 Å². The highest BCUT2D eigenvalue weighted by molar-refractivity contribution is 7.80. The van der Waals surface area contributed by atoms with Crippen LogP contribution >= 0.6 is 12.6 Å². The van der Waals surface area contributed by atoms with Crippen molar-refractivity contribution in [1.82, 2.24) is 0 Å². The van der Waals surface area contributed by atoms with Gasteiger partial charge in [-0.1, -0.05) is 0 Å². The number of amides is 1. The van der Waals surface area contributed by atoms with E-state index in [1.165, 1.54) is 12.1 Å². The van der Waals surface area contributed by atoms with Crippen LogP contribution in [-0.4, -0.2) is 5.91 Å². The zero-order chi connectivity index (χ0) is 9.14. The van der Waals surface area contributed by atoms with Gasteiger partial charge < -0.3 is 5.73 Å². The van der Waals surface area contributed by atoms with Crippen LogP contribution in [0.5, 0.6) is 0 Å². The Morgan fingerprint density at radius 2 is 2.17 bits per heavy atom. The van der Waals surface area contributed by atoms with Crippen LogP contribution in [0.4, 0.5) is 5.69 Å². The largest absolute Gasteiger partial charge is 0.398 e. The predicted octanol–water partition coefficient (Wildman–Crippen LogP) is 1.46. The van der Waals surface area contributed by atoms with Gasteiger partial charge in [0.2, 0.25) is 0 Å². The lowest BCUT2D eigenvalue weighted by molar-refractivity contribution is 0.100. The number of thiol groups is 1. The maximum absolute atomic E-state index is 10.8. The SMILES string of the molecule is Nc1ccc(S)cc1C(=O)N=O. The van der Waals surface area contributed by atoms with Crippen molar-refractivity contribution >= 4 is 24.2 Å². The van der Waals surface area contributed by atoms with Crippen LogP contribution in [0.15, 0.2) is 28.3 Å². The Labute approximate surface area is 74.1 Å². The van der Waals surface area contributed by atoms with E-state index in [1.807, 2.05) is 0 Å². The molecule has 12 heavy (non-hydrogen) atoms. The summed E-state index contributed by atoms with van der Waals surface area (Å²) in [6.45, 7) is 0. The summed E-state index contributed by atoms with van der Waals surface area (Å²) in [5, 5.41) is 2.26. The van der Waals surface area contributed by atoms with E-state index in [0.29, 0.717) is 4.90 Å². The average Bonchev–Trinajstić information content (AvgIpc) is 2.08. The molecule has 5 heteroatoms. The maximum Gasteiger partial charge on any atom is 0.318 e. The fraction of sp³-hybridized carbons (Fsp3) is 0. The van der Waals surface area contributed by atoms with E-state index in [0.717, 1.165) is 0 Å². The minimum Gasteiger partial charge on any atom is -0.398 e. The van der Waals surface area contributed by atoms with Gasteiger partial charge in [0.15, 0.2) is 0 Å². The molecular weight excluding hydrogens is 176 g/mol. The van der Waals surface area contributed by atoms with E-state index in [2.05, 4.69) is 17.8 Å². The Morgan fingerprint density at radius 3 is 2.75 bits per heavy atom. The molecule has 1 rings (SSSR count). The van der Waals surface area contributed by atoms with Crippen molar-refractivity contribution < 1.29 is 4.79 Å². The van der Waals surface area contributed by atoms with Crippen molar-refractivity contribution in [3.8, 4) is 0 Å². The first-order valence-electron chi connectivity index (χ1n) is 3.11. The number of hydrogen-bond acceptors (Lipinski definition) is 4. The quantitative estimate of drug-likeness (QED) is 0.392. The topological polar surface area (TPSA) is 72.5 Å². The van der Waals surface area contributed by atoms with Gasteiger partial charge in [-0.25, -0.2) is 0 Å². The standard InChI is InChI=1S/C7H6N2O2S/c8-6-2-1-4(12)3-5(6)7(10)9-11/h1-3,12H,8H2. The molecule has 0 fully saturated rings. The molecule has 0 saturated carbocycles. The van der Waals surface area contributed by atoms with Crippen LogP contribution in [0, 0.1) is 4.91 Å². The summed E-state index contributed by atoms with van der Waals surface area (Å²) in [6, 6.07) is 4.53. The van der Waals surface area contributed by atoms with Crippen LogP contribution in [0.1, 0.15) is 10.4 Å². The Balaban J connectivity index is 3.22. The van der Waals surface area contributed by atoms with Crippen LogP contribution in [0.3, 0.4) is 0 Å². The number of nitrogens with zero attached hydrogens (tertiary/aromatic N) is 1. The second-order valence-electron chi connectivity index (χ2n) is 2.17. The summed E-state index contributed by atoms with van der Waals surface area (Å²) in [7, 11) is 0. The summed E-state index contributed by atoms with van der Waals surface area (Å²) >= 11 is 3.98. The van der Waals surface area contributed by atoms with Gasteiger partial charge in [-0.15, -0.1) is 17.5 Å². The van der Waals surface area contributed by atoms with E-state index >= 15 is 0 Å². The first kappa shape index (κ1) is 8.73. The first-order valence-corrected chi connectivity index (χ1v) is 3.56. The summed E-state index contributed by atoms with van der Waals surface area (Å²) in [5.41, 5.74) is 5.74. The van der Waals surface area contributed by atoms with Crippen molar-refractivity contribution in [2.75, 3.05) is 5.73 Å². The lowest BCUT2D eigenvalue weighted by atomic mass is 10.2.